The first kappa shape index (κ1) is 119. The maximum Gasteiger partial charge on any atom is 0.314 e. The summed E-state index contributed by atoms with van der Waals surface area (Å²) in [6.07, 6.45) is 44.5. The molecule has 1 saturated carbocycles. The molecular weight excluding hydrogens is 1970 g/mol. The van der Waals surface area contributed by atoms with Crippen LogP contribution >= 0.6 is 46.4 Å². The van der Waals surface area contributed by atoms with Gasteiger partial charge in [0.15, 0.2) is 58.1 Å². The topological polar surface area (TPSA) is 26.3 Å². The summed E-state index contributed by atoms with van der Waals surface area (Å²) in [5, 5.41) is 1.08. The van der Waals surface area contributed by atoms with E-state index in [1.807, 2.05) is 68.5 Å². The maximum absolute atomic E-state index is 14.0. The van der Waals surface area contributed by atoms with Gasteiger partial charge in [-0.05, 0) is 414 Å². The number of ether oxygens (including phenoxy) is 1. The molecule has 9 aromatic rings. The SMILES string of the molecule is CC1=CCC(c2ccc(C)c(F)c2F)CC1.Cc1ccc(C2=CCC(C)CC2)c(Cl)c1F.Cc1ccc(C2=CCC(C)CC2)c(Cl)c1F.Cc1ccc(C2=CCC(C)CC2)c(F)c1Cl.Cc1ccc(C2=CCC(C)CC2)c(F)c1Cl.Cc1ccc(C2=CCC(C)CC2)c(F)c1F.Cc1ccc(C2=CCC(C)CC2)c(F)c1F.Cc1ccc(C2=CCC(C)CC2)c(F)c1F.Cc1ccc(OC(=O)C2CCC(C)CC2)c(F)c1F.[HH]. The second kappa shape index (κ2) is 56.6. The lowest BCUT2D eigenvalue weighted by Crippen LogP contribution is -2.25. The number of benzene rings is 9. The molecule has 2 nitrogen and oxygen atoms in total. The van der Waals surface area contributed by atoms with Crippen LogP contribution in [-0.2, 0) is 4.79 Å². The van der Waals surface area contributed by atoms with Crippen LogP contribution < -0.4 is 4.74 Å². The van der Waals surface area contributed by atoms with E-state index in [4.69, 9.17) is 51.1 Å². The molecule has 0 spiro atoms. The first-order valence-corrected chi connectivity index (χ1v) is 54.0. The second-order valence-corrected chi connectivity index (χ2v) is 44.2. The fraction of sp³-hybridized carbons (Fsp3) is 0.441. The molecule has 9 aromatic carbocycles. The molecule has 0 saturated heterocycles. The van der Waals surface area contributed by atoms with E-state index in [1.54, 1.807) is 102 Å². The molecule has 0 bridgehead atoms. The van der Waals surface area contributed by atoms with Crippen molar-refractivity contribution in [1.82, 2.24) is 0 Å². The number of halogens is 18. The van der Waals surface area contributed by atoms with Crippen molar-refractivity contribution < 1.29 is 72.4 Å². The van der Waals surface area contributed by atoms with Crippen molar-refractivity contribution in [2.75, 3.05) is 0 Å². The van der Waals surface area contributed by atoms with E-state index in [9.17, 15) is 66.3 Å². The van der Waals surface area contributed by atoms with E-state index in [2.05, 4.69) is 92.7 Å². The van der Waals surface area contributed by atoms with Crippen molar-refractivity contribution in [2.45, 2.75) is 310 Å². The smallest absolute Gasteiger partial charge is 0.314 e. The van der Waals surface area contributed by atoms with Crippen molar-refractivity contribution in [2.24, 2.45) is 53.3 Å². The Kier molecular flexibility index (Phi) is 46.0. The summed E-state index contributed by atoms with van der Waals surface area (Å²) in [4.78, 5) is 11.9. The molecule has 8 atom stereocenters. The highest BCUT2D eigenvalue weighted by Crippen LogP contribution is 2.44. The highest BCUT2D eigenvalue weighted by atomic mass is 35.5. The largest absolute Gasteiger partial charge is 0.423 e. The molecule has 147 heavy (non-hydrogen) atoms. The lowest BCUT2D eigenvalue weighted by molar-refractivity contribution is -0.140. The Balaban J connectivity index is 0.000000185. The van der Waals surface area contributed by atoms with Crippen molar-refractivity contribution in [3.05, 3.63) is 359 Å². The molecule has 18 rings (SSSR count). The first-order chi connectivity index (χ1) is 69.7. The number of carbonyl (C=O) groups excluding carboxylic acids is 1. The second-order valence-electron chi connectivity index (χ2n) is 42.7. The van der Waals surface area contributed by atoms with Crippen LogP contribution in [0.3, 0.4) is 0 Å². The van der Waals surface area contributed by atoms with E-state index in [1.165, 1.54) is 35.8 Å². The zero-order chi connectivity index (χ0) is 108. The molecule has 20 heteroatoms. The van der Waals surface area contributed by atoms with Crippen LogP contribution in [-0.4, -0.2) is 5.97 Å². The number of hydrogen-bond donors (Lipinski definition) is 0. The van der Waals surface area contributed by atoms with Gasteiger partial charge in [-0.15, -0.1) is 0 Å². The average molecular weight is 2110 g/mol. The quantitative estimate of drug-likeness (QED) is 0.0590. The van der Waals surface area contributed by atoms with Gasteiger partial charge < -0.3 is 4.74 Å². The molecule has 8 unspecified atom stereocenters. The minimum Gasteiger partial charge on any atom is -0.423 e. The highest BCUT2D eigenvalue weighted by Gasteiger charge is 2.31. The number of allylic oxidation sites excluding steroid dienone is 16. The van der Waals surface area contributed by atoms with Crippen molar-refractivity contribution >= 4 is 91.4 Å². The number of rotatable bonds is 10. The molecule has 1 fully saturated rings. The zero-order valence-electron chi connectivity index (χ0n) is 88.7. The standard InChI is InChI=1S/C15H18F2O2.4C14H16ClF.4C14H16F2.H2/c1-9-3-6-11(7-4-9)15(18)19-12-8-5-10(2)13(16)14(12)17;2*1-9-3-6-11(7-4-9)12-8-5-10(2)14(16)13(12)15;6*1-9-3-6-11(7-4-9)12-8-5-10(2)13(15)14(12)16;/h5,8-9,11H,3-4,6-7H2,1-2H3;7*5-6,8-9H,3-4,7H2,1-2H3;3,5,8,11H,4,6-7H2,1-2H3;1H. The Morgan fingerprint density at radius 1 is 0.231 bits per heavy atom. The lowest BCUT2D eigenvalue weighted by atomic mass is 9.83. The maximum atomic E-state index is 14.0. The highest BCUT2D eigenvalue weighted by molar-refractivity contribution is 6.33. The van der Waals surface area contributed by atoms with Crippen LogP contribution in [0.1, 0.15) is 344 Å². The fourth-order valence-corrected chi connectivity index (χ4v) is 20.3. The monoisotopic (exact) mass is 2110 g/mol. The van der Waals surface area contributed by atoms with Crippen molar-refractivity contribution in [3.8, 4) is 5.75 Å². The van der Waals surface area contributed by atoms with Crippen LogP contribution in [0.4, 0.5) is 61.5 Å². The van der Waals surface area contributed by atoms with Gasteiger partial charge in [0.2, 0.25) is 5.82 Å². The van der Waals surface area contributed by atoms with E-state index >= 15 is 0 Å². The van der Waals surface area contributed by atoms with E-state index in [0.29, 0.717) is 102 Å². The molecule has 0 N–H and O–H groups in total. The Hall–Kier alpha value is -9.45. The summed E-state index contributed by atoms with van der Waals surface area (Å²) >= 11 is 24.0. The molecular formula is C127H148Cl4F14O2. The first-order valence-electron chi connectivity index (χ1n) is 52.5. The number of aryl methyl sites for hydroxylation is 9. The fourth-order valence-electron chi connectivity index (χ4n) is 19.3. The Morgan fingerprint density at radius 3 is 0.755 bits per heavy atom. The third kappa shape index (κ3) is 33.0. The van der Waals surface area contributed by atoms with Gasteiger partial charge in [-0.3, -0.25) is 4.79 Å². The zero-order valence-corrected chi connectivity index (χ0v) is 91.7. The van der Waals surface area contributed by atoms with Gasteiger partial charge in [0, 0.05) is 29.2 Å². The number of carbonyl (C=O) groups is 1. The molecule has 9 aliphatic carbocycles. The molecule has 0 aromatic heterocycles. The molecule has 0 heterocycles. The van der Waals surface area contributed by atoms with Crippen LogP contribution in [0.5, 0.6) is 5.75 Å². The van der Waals surface area contributed by atoms with E-state index in [-0.39, 0.29) is 67.9 Å². The van der Waals surface area contributed by atoms with Gasteiger partial charge in [-0.2, -0.15) is 4.39 Å². The van der Waals surface area contributed by atoms with Gasteiger partial charge in [0.25, 0.3) is 0 Å². The normalized spacial score (nSPS) is 21.1. The van der Waals surface area contributed by atoms with Gasteiger partial charge in [0.1, 0.15) is 23.3 Å². The minimum absolute atomic E-state index is 0. The van der Waals surface area contributed by atoms with Gasteiger partial charge >= 0.3 is 5.97 Å². The third-order valence-corrected chi connectivity index (χ3v) is 31.9. The van der Waals surface area contributed by atoms with Gasteiger partial charge in [-0.1, -0.05) is 259 Å². The van der Waals surface area contributed by atoms with Gasteiger partial charge in [-0.25, -0.2) is 57.1 Å². The molecule has 0 aliphatic heterocycles. The number of esters is 1. The van der Waals surface area contributed by atoms with Crippen molar-refractivity contribution in [3.63, 3.8) is 0 Å². The summed E-state index contributed by atoms with van der Waals surface area (Å²) in [6, 6.07) is 31.0. The predicted molar refractivity (Wildman–Crippen MR) is 586 cm³/mol. The average Bonchev–Trinajstić information content (AvgIpc) is 0.779. The van der Waals surface area contributed by atoms with E-state index in [0.717, 1.165) is 242 Å². The third-order valence-electron chi connectivity index (χ3n) is 30.2. The Bertz CT molecular complexity index is 5550. The summed E-state index contributed by atoms with van der Waals surface area (Å²) in [6.45, 7) is 34.6. The molecule has 794 valence electrons. The predicted octanol–water partition coefficient (Wildman–Crippen LogP) is 42.1. The Morgan fingerprint density at radius 2 is 0.476 bits per heavy atom. The van der Waals surface area contributed by atoms with Crippen LogP contribution in [0.25, 0.3) is 39.0 Å². The van der Waals surface area contributed by atoms with E-state index < -0.39 is 64.1 Å². The Labute approximate surface area is 886 Å². The summed E-state index contributed by atoms with van der Waals surface area (Å²) < 4.78 is 196. The lowest BCUT2D eigenvalue weighted by Gasteiger charge is -2.24. The summed E-state index contributed by atoms with van der Waals surface area (Å²) in [7, 11) is 0. The van der Waals surface area contributed by atoms with Crippen LogP contribution in [0.15, 0.2) is 163 Å². The number of hydrogen-bond acceptors (Lipinski definition) is 2. The minimum atomic E-state index is -1.09. The molecule has 0 radical (unpaired) electrons. The summed E-state index contributed by atoms with van der Waals surface area (Å²) in [5.74, 6) is -4.02. The molecule has 0 amide bonds. The summed E-state index contributed by atoms with van der Waals surface area (Å²) in [5.41, 5.74) is 18.3. The van der Waals surface area contributed by atoms with Crippen LogP contribution in [0.2, 0.25) is 20.1 Å². The van der Waals surface area contributed by atoms with Crippen molar-refractivity contribution in [1.29, 1.82) is 0 Å². The molecule has 9 aliphatic rings. The van der Waals surface area contributed by atoms with Crippen LogP contribution in [0, 0.1) is 197 Å². The van der Waals surface area contributed by atoms with Gasteiger partial charge in [0.05, 0.1) is 26.0 Å².